The predicted octanol–water partition coefficient (Wildman–Crippen LogP) is 3.77. The summed E-state index contributed by atoms with van der Waals surface area (Å²) in [5.41, 5.74) is 3.74. The Bertz CT molecular complexity index is 1050. The molecule has 1 aliphatic rings. The van der Waals surface area contributed by atoms with Crippen molar-refractivity contribution in [2.75, 3.05) is 39.3 Å². The molecule has 1 saturated carbocycles. The molecule has 32 heavy (non-hydrogen) atoms. The van der Waals surface area contributed by atoms with Gasteiger partial charge in [-0.3, -0.25) is 9.78 Å². The Hall–Kier alpha value is -3.03. The number of aromatic nitrogens is 2. The van der Waals surface area contributed by atoms with E-state index >= 15 is 0 Å². The monoisotopic (exact) mass is 434 g/mol. The Morgan fingerprint density at radius 3 is 2.59 bits per heavy atom. The molecule has 0 aliphatic heterocycles. The molecule has 7 heteroatoms. The van der Waals surface area contributed by atoms with Crippen LogP contribution in [0.25, 0.3) is 22.0 Å². The summed E-state index contributed by atoms with van der Waals surface area (Å²) in [5, 5.41) is 0.946. The van der Waals surface area contributed by atoms with Gasteiger partial charge in [-0.1, -0.05) is 6.07 Å². The zero-order valence-electron chi connectivity index (χ0n) is 18.9. The highest BCUT2D eigenvalue weighted by Gasteiger charge is 2.34. The van der Waals surface area contributed by atoms with Crippen molar-refractivity contribution < 1.29 is 14.3 Å². The standard InChI is InChI=1S/C25H30N4O3/c1-28(2)11-4-12-32-25-8-6-19(16-27-25)18-5-7-23-22(13-18)24(9-10-26-23)29(17-30)20-14-21(15-20)31-3/h5-10,13,16-17,20-21H,4,11-12,14-15H2,1-3H3/t20-,21+. The highest BCUT2D eigenvalue weighted by molar-refractivity contribution is 5.98. The largest absolute Gasteiger partial charge is 0.478 e. The first-order valence-corrected chi connectivity index (χ1v) is 11.0. The fourth-order valence-electron chi connectivity index (χ4n) is 4.03. The molecule has 2 heterocycles. The molecule has 0 bridgehead atoms. The minimum atomic E-state index is 0.150. The summed E-state index contributed by atoms with van der Waals surface area (Å²) in [5.74, 6) is 0.625. The SMILES string of the molecule is CO[C@H]1C[C@@H](N(C=O)c2ccnc3ccc(-c4ccc(OCCCN(C)C)nc4)cc23)C1. The molecule has 0 atom stereocenters. The minimum Gasteiger partial charge on any atom is -0.478 e. The van der Waals surface area contributed by atoms with Gasteiger partial charge < -0.3 is 19.3 Å². The lowest BCUT2D eigenvalue weighted by molar-refractivity contribution is -0.108. The van der Waals surface area contributed by atoms with Crippen molar-refractivity contribution in [2.24, 2.45) is 0 Å². The molecule has 7 nitrogen and oxygen atoms in total. The van der Waals surface area contributed by atoms with E-state index in [-0.39, 0.29) is 12.1 Å². The number of amides is 1. The molecule has 0 spiro atoms. The van der Waals surface area contributed by atoms with Crippen LogP contribution in [0.15, 0.2) is 48.8 Å². The van der Waals surface area contributed by atoms with E-state index in [1.165, 1.54) is 0 Å². The second-order valence-electron chi connectivity index (χ2n) is 8.45. The smallest absolute Gasteiger partial charge is 0.214 e. The molecule has 0 unspecified atom stereocenters. The van der Waals surface area contributed by atoms with Crippen molar-refractivity contribution in [2.45, 2.75) is 31.4 Å². The number of rotatable bonds is 10. The lowest BCUT2D eigenvalue weighted by Crippen LogP contribution is -2.47. The maximum atomic E-state index is 12.0. The van der Waals surface area contributed by atoms with E-state index in [0.29, 0.717) is 12.5 Å². The summed E-state index contributed by atoms with van der Waals surface area (Å²) in [7, 11) is 5.82. The minimum absolute atomic E-state index is 0.150. The first kappa shape index (κ1) is 22.2. The van der Waals surface area contributed by atoms with Crippen LogP contribution in [0.1, 0.15) is 19.3 Å². The van der Waals surface area contributed by atoms with E-state index in [1.807, 2.05) is 55.5 Å². The number of pyridine rings is 2. The van der Waals surface area contributed by atoms with Gasteiger partial charge in [-0.05, 0) is 63.2 Å². The number of nitrogens with zero attached hydrogens (tertiary/aromatic N) is 4. The number of methoxy groups -OCH3 is 1. The van der Waals surface area contributed by atoms with Gasteiger partial charge in [-0.15, -0.1) is 0 Å². The van der Waals surface area contributed by atoms with Crippen molar-refractivity contribution in [3.05, 3.63) is 48.8 Å². The van der Waals surface area contributed by atoms with E-state index < -0.39 is 0 Å². The van der Waals surface area contributed by atoms with Crippen LogP contribution >= 0.6 is 0 Å². The van der Waals surface area contributed by atoms with E-state index in [9.17, 15) is 4.79 Å². The Morgan fingerprint density at radius 2 is 1.91 bits per heavy atom. The molecule has 3 aromatic rings. The lowest BCUT2D eigenvalue weighted by atomic mass is 9.87. The zero-order valence-corrected chi connectivity index (χ0v) is 18.9. The highest BCUT2D eigenvalue weighted by atomic mass is 16.5. The van der Waals surface area contributed by atoms with Crippen molar-refractivity contribution in [3.8, 4) is 17.0 Å². The van der Waals surface area contributed by atoms with E-state index in [1.54, 1.807) is 13.3 Å². The molecule has 168 valence electrons. The molecular weight excluding hydrogens is 404 g/mol. The van der Waals surface area contributed by atoms with Gasteiger partial charge in [0.15, 0.2) is 0 Å². The topological polar surface area (TPSA) is 67.8 Å². The van der Waals surface area contributed by atoms with Crippen LogP contribution < -0.4 is 9.64 Å². The van der Waals surface area contributed by atoms with Gasteiger partial charge in [0.2, 0.25) is 12.3 Å². The molecule has 1 aliphatic carbocycles. The highest BCUT2D eigenvalue weighted by Crippen LogP contribution is 2.35. The number of hydrogen-bond acceptors (Lipinski definition) is 6. The maximum absolute atomic E-state index is 12.0. The third-order valence-corrected chi connectivity index (χ3v) is 5.98. The molecule has 1 aromatic carbocycles. The maximum Gasteiger partial charge on any atom is 0.214 e. The average Bonchev–Trinajstić information content (AvgIpc) is 2.78. The Balaban J connectivity index is 1.54. The van der Waals surface area contributed by atoms with Crippen LogP contribution in [0.4, 0.5) is 5.69 Å². The predicted molar refractivity (Wildman–Crippen MR) is 126 cm³/mol. The number of hydrogen-bond donors (Lipinski definition) is 0. The van der Waals surface area contributed by atoms with Crippen LogP contribution in [0, 0.1) is 0 Å². The molecule has 0 saturated heterocycles. The van der Waals surface area contributed by atoms with Crippen molar-refractivity contribution in [3.63, 3.8) is 0 Å². The van der Waals surface area contributed by atoms with Crippen molar-refractivity contribution in [1.29, 1.82) is 0 Å². The summed E-state index contributed by atoms with van der Waals surface area (Å²) in [6, 6.07) is 12.1. The molecule has 0 radical (unpaired) electrons. The van der Waals surface area contributed by atoms with Gasteiger partial charge in [-0.25, -0.2) is 4.98 Å². The van der Waals surface area contributed by atoms with E-state index in [0.717, 1.165) is 59.9 Å². The van der Waals surface area contributed by atoms with Crippen LogP contribution in [-0.2, 0) is 9.53 Å². The van der Waals surface area contributed by atoms with E-state index in [4.69, 9.17) is 9.47 Å². The summed E-state index contributed by atoms with van der Waals surface area (Å²) >= 11 is 0. The fourth-order valence-corrected chi connectivity index (χ4v) is 4.03. The van der Waals surface area contributed by atoms with Crippen LogP contribution in [0.3, 0.4) is 0 Å². The molecule has 1 fully saturated rings. The van der Waals surface area contributed by atoms with E-state index in [2.05, 4.69) is 20.9 Å². The number of ether oxygens (including phenoxy) is 2. The molecule has 2 aromatic heterocycles. The van der Waals surface area contributed by atoms with Gasteiger partial charge >= 0.3 is 0 Å². The zero-order chi connectivity index (χ0) is 22.5. The summed E-state index contributed by atoms with van der Waals surface area (Å²) < 4.78 is 11.1. The fraction of sp³-hybridized carbons (Fsp3) is 0.400. The number of fused-ring (bicyclic) bond motifs is 1. The molecule has 4 rings (SSSR count). The van der Waals surface area contributed by atoms with Gasteiger partial charge in [-0.2, -0.15) is 0 Å². The Morgan fingerprint density at radius 1 is 1.09 bits per heavy atom. The van der Waals surface area contributed by atoms with Crippen LogP contribution in [0.2, 0.25) is 0 Å². The third-order valence-electron chi connectivity index (χ3n) is 5.98. The summed E-state index contributed by atoms with van der Waals surface area (Å²) in [4.78, 5) is 24.9. The van der Waals surface area contributed by atoms with Crippen molar-refractivity contribution in [1.82, 2.24) is 14.9 Å². The van der Waals surface area contributed by atoms with Crippen LogP contribution in [-0.4, -0.2) is 67.8 Å². The second-order valence-corrected chi connectivity index (χ2v) is 8.45. The number of carbonyl (C=O) groups is 1. The number of benzene rings is 1. The first-order valence-electron chi connectivity index (χ1n) is 11.0. The number of carbonyl (C=O) groups excluding carboxylic acids is 1. The van der Waals surface area contributed by atoms with Crippen LogP contribution in [0.5, 0.6) is 5.88 Å². The second kappa shape index (κ2) is 10.1. The molecule has 1 amide bonds. The lowest BCUT2D eigenvalue weighted by Gasteiger charge is -2.40. The Labute approximate surface area is 189 Å². The van der Waals surface area contributed by atoms with Gasteiger partial charge in [0.1, 0.15) is 0 Å². The molecular formula is C25H30N4O3. The van der Waals surface area contributed by atoms with Gasteiger partial charge in [0, 0.05) is 49.1 Å². The third kappa shape index (κ3) is 4.89. The molecule has 0 N–H and O–H groups in total. The normalized spacial score (nSPS) is 17.9. The Kier molecular flexibility index (Phi) is 6.97. The summed E-state index contributed by atoms with van der Waals surface area (Å²) in [6.07, 6.45) is 7.37. The van der Waals surface area contributed by atoms with Crippen molar-refractivity contribution >= 4 is 23.0 Å². The van der Waals surface area contributed by atoms with Gasteiger partial charge in [0.05, 0.1) is 23.9 Å². The number of anilines is 1. The first-order chi connectivity index (χ1) is 15.6. The quantitative estimate of drug-likeness (QED) is 0.357. The average molecular weight is 435 g/mol. The van der Waals surface area contributed by atoms with Gasteiger partial charge in [0.25, 0.3) is 0 Å². The summed E-state index contributed by atoms with van der Waals surface area (Å²) in [6.45, 7) is 1.62.